The van der Waals surface area contributed by atoms with Gasteiger partial charge in [-0.2, -0.15) is 0 Å². The fourth-order valence-electron chi connectivity index (χ4n) is 1.64. The molecule has 15 heavy (non-hydrogen) atoms. The number of rotatable bonds is 5. The van der Waals surface area contributed by atoms with Gasteiger partial charge in [-0.3, -0.25) is 0 Å². The molecule has 1 aliphatic rings. The average Bonchev–Trinajstić information content (AvgIpc) is 2.22. The lowest BCUT2D eigenvalue weighted by Gasteiger charge is -2.25. The average molecular weight is 206 g/mol. The SMILES string of the molecule is C=C/C=C(\C=C\CC)CC1CCC1.CC. The molecule has 0 spiro atoms. The minimum Gasteiger partial charge on any atom is -0.0991 e. The van der Waals surface area contributed by atoms with E-state index >= 15 is 0 Å². The van der Waals surface area contributed by atoms with Gasteiger partial charge in [-0.15, -0.1) is 0 Å². The molecular weight excluding hydrogens is 180 g/mol. The molecule has 0 amide bonds. The summed E-state index contributed by atoms with van der Waals surface area (Å²) in [4.78, 5) is 0. The van der Waals surface area contributed by atoms with E-state index in [1.807, 2.05) is 19.9 Å². The van der Waals surface area contributed by atoms with Crippen molar-refractivity contribution in [1.29, 1.82) is 0 Å². The Kier molecular flexibility index (Phi) is 9.26. The van der Waals surface area contributed by atoms with E-state index in [9.17, 15) is 0 Å². The van der Waals surface area contributed by atoms with Gasteiger partial charge in [-0.05, 0) is 24.3 Å². The van der Waals surface area contributed by atoms with Crippen LogP contribution in [0.3, 0.4) is 0 Å². The molecule has 0 nitrogen and oxygen atoms in total. The standard InChI is InChI=1S/C13H20.C2H6/c1-3-5-8-12(7-4-2)11-13-9-6-10-13;1-2/h4-5,7-8,13H,2-3,6,9-11H2,1H3;1-2H3/b8-5+,12-7+;. The number of hydrogen-bond acceptors (Lipinski definition) is 0. The fourth-order valence-corrected chi connectivity index (χ4v) is 1.64. The Morgan fingerprint density at radius 2 is 2.00 bits per heavy atom. The van der Waals surface area contributed by atoms with Crippen LogP contribution in [0, 0.1) is 5.92 Å². The summed E-state index contributed by atoms with van der Waals surface area (Å²) < 4.78 is 0. The van der Waals surface area contributed by atoms with Gasteiger partial charge in [-0.1, -0.05) is 70.9 Å². The zero-order valence-corrected chi connectivity index (χ0v) is 10.6. The Morgan fingerprint density at radius 1 is 1.33 bits per heavy atom. The Morgan fingerprint density at radius 3 is 2.40 bits per heavy atom. The summed E-state index contributed by atoms with van der Waals surface area (Å²) in [7, 11) is 0. The predicted molar refractivity (Wildman–Crippen MR) is 71.0 cm³/mol. The lowest BCUT2D eigenvalue weighted by Crippen LogP contribution is -2.10. The predicted octanol–water partition coefficient (Wildman–Crippen LogP) is 5.28. The molecule has 0 saturated heterocycles. The van der Waals surface area contributed by atoms with E-state index in [1.54, 1.807) is 0 Å². The first-order valence-electron chi connectivity index (χ1n) is 6.35. The summed E-state index contributed by atoms with van der Waals surface area (Å²) in [6.07, 6.45) is 15.2. The fraction of sp³-hybridized carbons (Fsp3) is 0.600. The van der Waals surface area contributed by atoms with E-state index in [2.05, 4.69) is 31.7 Å². The summed E-state index contributed by atoms with van der Waals surface area (Å²) in [5.41, 5.74) is 1.45. The first-order valence-corrected chi connectivity index (χ1v) is 6.35. The third-order valence-corrected chi connectivity index (χ3v) is 2.65. The summed E-state index contributed by atoms with van der Waals surface area (Å²) in [6.45, 7) is 9.92. The van der Waals surface area contributed by atoms with Crippen molar-refractivity contribution in [3.05, 3.63) is 36.5 Å². The van der Waals surface area contributed by atoms with Gasteiger partial charge >= 0.3 is 0 Å². The molecule has 0 bridgehead atoms. The minimum atomic E-state index is 0.952. The molecule has 0 N–H and O–H groups in total. The molecule has 1 rings (SSSR count). The van der Waals surface area contributed by atoms with Crippen molar-refractivity contribution in [1.82, 2.24) is 0 Å². The highest BCUT2D eigenvalue weighted by atomic mass is 14.2. The van der Waals surface area contributed by atoms with E-state index < -0.39 is 0 Å². The maximum absolute atomic E-state index is 3.75. The molecule has 86 valence electrons. The molecule has 0 aromatic rings. The van der Waals surface area contributed by atoms with Gasteiger partial charge in [-0.25, -0.2) is 0 Å². The number of hydrogen-bond donors (Lipinski definition) is 0. The largest absolute Gasteiger partial charge is 0.0991 e. The van der Waals surface area contributed by atoms with Crippen LogP contribution < -0.4 is 0 Å². The monoisotopic (exact) mass is 206 g/mol. The van der Waals surface area contributed by atoms with Gasteiger partial charge in [0.05, 0.1) is 0 Å². The van der Waals surface area contributed by atoms with Gasteiger partial charge in [0.25, 0.3) is 0 Å². The Balaban J connectivity index is 0.000000921. The van der Waals surface area contributed by atoms with Gasteiger partial charge in [0.2, 0.25) is 0 Å². The van der Waals surface area contributed by atoms with Crippen LogP contribution >= 0.6 is 0 Å². The summed E-state index contributed by atoms with van der Waals surface area (Å²) in [6, 6.07) is 0. The third-order valence-electron chi connectivity index (χ3n) is 2.65. The van der Waals surface area contributed by atoms with Crippen molar-refractivity contribution in [2.45, 2.75) is 52.9 Å². The topological polar surface area (TPSA) is 0 Å². The smallest absolute Gasteiger partial charge is 0.0250 e. The van der Waals surface area contributed by atoms with Crippen molar-refractivity contribution in [3.8, 4) is 0 Å². The molecule has 0 atom stereocenters. The molecule has 0 heteroatoms. The van der Waals surface area contributed by atoms with Gasteiger partial charge in [0.1, 0.15) is 0 Å². The third kappa shape index (κ3) is 6.33. The van der Waals surface area contributed by atoms with E-state index in [4.69, 9.17) is 0 Å². The van der Waals surface area contributed by atoms with Gasteiger partial charge in [0, 0.05) is 0 Å². The molecular formula is C15H26. The number of allylic oxidation sites excluding steroid dienone is 5. The lowest BCUT2D eigenvalue weighted by atomic mass is 9.80. The van der Waals surface area contributed by atoms with Crippen LogP contribution in [0.25, 0.3) is 0 Å². The van der Waals surface area contributed by atoms with Crippen LogP contribution in [0.1, 0.15) is 52.9 Å². The maximum atomic E-state index is 3.75. The van der Waals surface area contributed by atoms with Crippen molar-refractivity contribution < 1.29 is 0 Å². The van der Waals surface area contributed by atoms with Crippen molar-refractivity contribution in [2.75, 3.05) is 0 Å². The molecule has 0 radical (unpaired) electrons. The molecule has 0 aliphatic heterocycles. The quantitative estimate of drug-likeness (QED) is 0.537. The van der Waals surface area contributed by atoms with E-state index in [1.165, 1.54) is 31.3 Å². The van der Waals surface area contributed by atoms with Crippen LogP contribution in [0.15, 0.2) is 36.5 Å². The maximum Gasteiger partial charge on any atom is -0.0250 e. The van der Waals surface area contributed by atoms with Crippen LogP contribution in [-0.2, 0) is 0 Å². The molecule has 1 aliphatic carbocycles. The van der Waals surface area contributed by atoms with Crippen molar-refractivity contribution in [3.63, 3.8) is 0 Å². The lowest BCUT2D eigenvalue weighted by molar-refractivity contribution is 0.315. The van der Waals surface area contributed by atoms with Gasteiger partial charge in [0.15, 0.2) is 0 Å². The molecule has 0 heterocycles. The van der Waals surface area contributed by atoms with Gasteiger partial charge < -0.3 is 0 Å². The van der Waals surface area contributed by atoms with E-state index in [0.29, 0.717) is 0 Å². The Labute approximate surface area is 95.8 Å². The van der Waals surface area contributed by atoms with Crippen LogP contribution in [0.4, 0.5) is 0 Å². The van der Waals surface area contributed by atoms with Crippen LogP contribution in [-0.4, -0.2) is 0 Å². The minimum absolute atomic E-state index is 0.952. The van der Waals surface area contributed by atoms with Crippen LogP contribution in [0.5, 0.6) is 0 Å². The van der Waals surface area contributed by atoms with Crippen LogP contribution in [0.2, 0.25) is 0 Å². The molecule has 1 fully saturated rings. The first-order chi connectivity index (χ1) is 7.36. The van der Waals surface area contributed by atoms with E-state index in [-0.39, 0.29) is 0 Å². The highest BCUT2D eigenvalue weighted by Crippen LogP contribution is 2.32. The van der Waals surface area contributed by atoms with Crippen molar-refractivity contribution >= 4 is 0 Å². The van der Waals surface area contributed by atoms with Crippen molar-refractivity contribution in [2.24, 2.45) is 5.92 Å². The summed E-state index contributed by atoms with van der Waals surface area (Å²) in [5, 5.41) is 0. The first kappa shape index (κ1) is 14.2. The summed E-state index contributed by atoms with van der Waals surface area (Å²) >= 11 is 0. The second-order valence-corrected chi connectivity index (χ2v) is 3.79. The zero-order valence-electron chi connectivity index (χ0n) is 10.6. The normalized spacial score (nSPS) is 16.9. The second-order valence-electron chi connectivity index (χ2n) is 3.79. The molecule has 0 unspecified atom stereocenters. The Hall–Kier alpha value is -0.780. The summed E-state index contributed by atoms with van der Waals surface area (Å²) in [5.74, 6) is 0.952. The molecule has 0 aromatic heterocycles. The highest BCUT2D eigenvalue weighted by molar-refractivity contribution is 5.23. The molecule has 1 saturated carbocycles. The second kappa shape index (κ2) is 9.76. The zero-order chi connectivity index (χ0) is 11.5. The molecule has 0 aromatic carbocycles. The highest BCUT2D eigenvalue weighted by Gasteiger charge is 2.17. The Bertz CT molecular complexity index is 204. The van der Waals surface area contributed by atoms with E-state index in [0.717, 1.165) is 12.3 Å².